The monoisotopic (exact) mass is 369 g/mol. The molecule has 2 aromatic heterocycles. The van der Waals surface area contributed by atoms with Gasteiger partial charge in [0.05, 0.1) is 6.54 Å². The first-order chi connectivity index (χ1) is 12.3. The summed E-state index contributed by atoms with van der Waals surface area (Å²) < 4.78 is 42.8. The Balaban J connectivity index is 1.79. The Labute approximate surface area is 149 Å². The summed E-state index contributed by atoms with van der Waals surface area (Å²) in [5.74, 6) is -0.321. The van der Waals surface area contributed by atoms with Crippen molar-refractivity contribution in [2.45, 2.75) is 64.3 Å². The second kappa shape index (κ2) is 7.13. The molecule has 1 aliphatic carbocycles. The van der Waals surface area contributed by atoms with E-state index in [4.69, 9.17) is 0 Å². The van der Waals surface area contributed by atoms with Crippen LogP contribution in [0.2, 0.25) is 0 Å². The fourth-order valence-corrected chi connectivity index (χ4v) is 3.49. The van der Waals surface area contributed by atoms with Crippen LogP contribution in [0.15, 0.2) is 18.5 Å². The van der Waals surface area contributed by atoms with Crippen LogP contribution in [0.5, 0.6) is 0 Å². The van der Waals surface area contributed by atoms with Gasteiger partial charge in [-0.2, -0.15) is 23.4 Å². The van der Waals surface area contributed by atoms with Gasteiger partial charge in [0.15, 0.2) is 5.69 Å². The van der Waals surface area contributed by atoms with Gasteiger partial charge in [0, 0.05) is 29.7 Å². The lowest BCUT2D eigenvalue weighted by Crippen LogP contribution is -2.41. The van der Waals surface area contributed by atoms with Gasteiger partial charge >= 0.3 is 6.18 Å². The third-order valence-electron chi connectivity index (χ3n) is 4.62. The van der Waals surface area contributed by atoms with Crippen LogP contribution in [0.1, 0.15) is 49.7 Å². The van der Waals surface area contributed by atoms with Crippen molar-refractivity contribution in [1.82, 2.24) is 24.9 Å². The van der Waals surface area contributed by atoms with E-state index in [9.17, 15) is 18.0 Å². The van der Waals surface area contributed by atoms with Crippen LogP contribution in [0.25, 0.3) is 0 Å². The first-order valence-electron chi connectivity index (χ1n) is 8.76. The third kappa shape index (κ3) is 3.61. The summed E-state index contributed by atoms with van der Waals surface area (Å²) in [6.45, 7) is 4.10. The quantitative estimate of drug-likeness (QED) is 0.852. The Bertz CT molecular complexity index is 766. The van der Waals surface area contributed by atoms with Crippen LogP contribution in [-0.2, 0) is 30.4 Å². The number of hydrogen-bond acceptors (Lipinski definition) is 3. The number of alkyl halides is 3. The largest absolute Gasteiger partial charge is 0.435 e. The van der Waals surface area contributed by atoms with Crippen molar-refractivity contribution in [3.63, 3.8) is 0 Å². The average molecular weight is 369 g/mol. The van der Waals surface area contributed by atoms with Crippen LogP contribution < -0.4 is 5.32 Å². The predicted molar refractivity (Wildman–Crippen MR) is 88.4 cm³/mol. The summed E-state index contributed by atoms with van der Waals surface area (Å²) in [7, 11) is 0. The van der Waals surface area contributed by atoms with Gasteiger partial charge in [0.1, 0.15) is 6.04 Å². The Kier molecular flexibility index (Phi) is 5.06. The first-order valence-corrected chi connectivity index (χ1v) is 8.76. The number of nitrogens with zero attached hydrogens (tertiary/aromatic N) is 4. The lowest BCUT2D eigenvalue weighted by Gasteiger charge is -2.21. The molecular weight excluding hydrogens is 347 g/mol. The number of amides is 1. The predicted octanol–water partition coefficient (Wildman–Crippen LogP) is 2.74. The fourth-order valence-electron chi connectivity index (χ4n) is 3.49. The smallest absolute Gasteiger partial charge is 0.350 e. The minimum absolute atomic E-state index is 0.206. The van der Waals surface area contributed by atoms with Crippen molar-refractivity contribution in [3.05, 3.63) is 35.4 Å². The molecule has 0 saturated carbocycles. The molecule has 1 aliphatic rings. The molecule has 0 aliphatic heterocycles. The average Bonchev–Trinajstić information content (AvgIpc) is 3.24. The maximum Gasteiger partial charge on any atom is 0.435 e. The second-order valence-corrected chi connectivity index (χ2v) is 6.63. The molecule has 0 bridgehead atoms. The summed E-state index contributed by atoms with van der Waals surface area (Å²) in [4.78, 5) is 12.7. The van der Waals surface area contributed by atoms with Crippen molar-refractivity contribution >= 4 is 5.91 Å². The number of carbonyl (C=O) groups is 1. The maximum absolute atomic E-state index is 13.3. The minimum atomic E-state index is -4.50. The van der Waals surface area contributed by atoms with E-state index in [1.807, 2.05) is 6.92 Å². The molecule has 0 spiro atoms. The third-order valence-corrected chi connectivity index (χ3v) is 4.62. The number of rotatable bonds is 6. The summed E-state index contributed by atoms with van der Waals surface area (Å²) in [5.41, 5.74) is -0.0618. The molecule has 0 fully saturated rings. The number of fused-ring (bicyclic) bond motifs is 1. The van der Waals surface area contributed by atoms with Gasteiger partial charge in [-0.1, -0.05) is 6.92 Å². The molecule has 0 radical (unpaired) electrons. The Hall–Kier alpha value is -2.32. The lowest BCUT2D eigenvalue weighted by atomic mass is 10.1. The fraction of sp³-hybridized carbons (Fsp3) is 0.588. The molecule has 6 nitrogen and oxygen atoms in total. The van der Waals surface area contributed by atoms with Crippen LogP contribution in [0, 0.1) is 0 Å². The summed E-state index contributed by atoms with van der Waals surface area (Å²) in [6, 6.07) is 0.829. The van der Waals surface area contributed by atoms with Crippen molar-refractivity contribution < 1.29 is 18.0 Å². The molecule has 1 N–H and O–H groups in total. The second-order valence-electron chi connectivity index (χ2n) is 6.63. The number of aromatic nitrogens is 4. The van der Waals surface area contributed by atoms with E-state index in [1.165, 1.54) is 4.68 Å². The van der Waals surface area contributed by atoms with Gasteiger partial charge in [0.25, 0.3) is 0 Å². The topological polar surface area (TPSA) is 64.7 Å². The molecule has 0 aromatic carbocycles. The summed E-state index contributed by atoms with van der Waals surface area (Å²) >= 11 is 0. The highest BCUT2D eigenvalue weighted by Gasteiger charge is 2.41. The Morgan fingerprint density at radius 3 is 2.77 bits per heavy atom. The molecule has 142 valence electrons. The molecule has 9 heteroatoms. The Morgan fingerprint density at radius 2 is 2.15 bits per heavy atom. The highest BCUT2D eigenvalue weighted by molar-refractivity contribution is 5.80. The SMILES string of the molecule is CC[C@H](C(=O)N[C@H](C)Cn1cccn1)n1nc(C(F)(F)F)c2c1CCC2. The van der Waals surface area contributed by atoms with Crippen molar-refractivity contribution in [1.29, 1.82) is 0 Å². The number of hydrogen-bond donors (Lipinski definition) is 1. The van der Waals surface area contributed by atoms with Crippen molar-refractivity contribution in [2.75, 3.05) is 0 Å². The number of nitrogens with one attached hydrogen (secondary N) is 1. The van der Waals surface area contributed by atoms with Gasteiger partial charge < -0.3 is 5.32 Å². The molecule has 0 unspecified atom stereocenters. The van der Waals surface area contributed by atoms with E-state index in [0.29, 0.717) is 37.9 Å². The highest BCUT2D eigenvalue weighted by atomic mass is 19.4. The zero-order chi connectivity index (χ0) is 18.9. The van der Waals surface area contributed by atoms with E-state index in [1.54, 1.807) is 30.1 Å². The van der Waals surface area contributed by atoms with Gasteiger partial charge in [0.2, 0.25) is 5.91 Å². The van der Waals surface area contributed by atoms with Crippen LogP contribution in [0.4, 0.5) is 13.2 Å². The van der Waals surface area contributed by atoms with Crippen LogP contribution in [0.3, 0.4) is 0 Å². The van der Waals surface area contributed by atoms with E-state index in [2.05, 4.69) is 15.5 Å². The Morgan fingerprint density at radius 1 is 1.38 bits per heavy atom. The molecular formula is C17H22F3N5O. The minimum Gasteiger partial charge on any atom is -0.350 e. The van der Waals surface area contributed by atoms with Gasteiger partial charge in [-0.3, -0.25) is 14.2 Å². The molecule has 2 aromatic rings. The number of carbonyl (C=O) groups excluding carboxylic acids is 1. The van der Waals surface area contributed by atoms with E-state index in [0.717, 1.165) is 0 Å². The summed E-state index contributed by atoms with van der Waals surface area (Å²) in [5, 5.41) is 10.7. The molecule has 0 saturated heterocycles. The first kappa shape index (κ1) is 18.5. The van der Waals surface area contributed by atoms with Crippen molar-refractivity contribution in [3.8, 4) is 0 Å². The van der Waals surface area contributed by atoms with E-state index in [-0.39, 0.29) is 17.5 Å². The summed E-state index contributed by atoms with van der Waals surface area (Å²) in [6.07, 6.45) is 0.839. The zero-order valence-corrected chi connectivity index (χ0v) is 14.8. The number of halogens is 3. The molecule has 2 heterocycles. The lowest BCUT2D eigenvalue weighted by molar-refractivity contribution is -0.142. The molecule has 1 amide bonds. The van der Waals surface area contributed by atoms with Gasteiger partial charge in [-0.05, 0) is 38.7 Å². The van der Waals surface area contributed by atoms with E-state index < -0.39 is 17.9 Å². The van der Waals surface area contributed by atoms with E-state index >= 15 is 0 Å². The molecule has 3 rings (SSSR count). The van der Waals surface area contributed by atoms with Crippen molar-refractivity contribution in [2.24, 2.45) is 0 Å². The molecule has 26 heavy (non-hydrogen) atoms. The van der Waals surface area contributed by atoms with Gasteiger partial charge in [-0.15, -0.1) is 0 Å². The van der Waals surface area contributed by atoms with Gasteiger partial charge in [-0.25, -0.2) is 0 Å². The maximum atomic E-state index is 13.3. The highest BCUT2D eigenvalue weighted by Crippen LogP contribution is 2.37. The van der Waals surface area contributed by atoms with Crippen LogP contribution in [-0.4, -0.2) is 31.5 Å². The normalized spacial score (nSPS) is 16.3. The van der Waals surface area contributed by atoms with Crippen LogP contribution >= 0.6 is 0 Å². The zero-order valence-electron chi connectivity index (χ0n) is 14.8. The standard InChI is InChI=1S/C17H22F3N5O/c1-3-13(16(26)22-11(2)10-24-9-5-8-21-24)25-14-7-4-6-12(14)15(23-25)17(18,19)20/h5,8-9,11,13H,3-4,6-7,10H2,1-2H3,(H,22,26)/t11-,13-/m1/s1. The molecule has 2 atom stereocenters.